The Kier molecular flexibility index (Phi) is 5.91. The predicted molar refractivity (Wildman–Crippen MR) is 135 cm³/mol. The molecule has 3 aromatic rings. The van der Waals surface area contributed by atoms with E-state index in [1.165, 1.54) is 24.5 Å². The molecule has 1 fully saturated rings. The molecule has 3 amide bonds. The molecule has 1 N–H and O–H groups in total. The van der Waals surface area contributed by atoms with Gasteiger partial charge < -0.3 is 4.90 Å². The van der Waals surface area contributed by atoms with Crippen LogP contribution in [0.3, 0.4) is 0 Å². The van der Waals surface area contributed by atoms with E-state index in [1.807, 2.05) is 30.3 Å². The zero-order chi connectivity index (χ0) is 23.8. The maximum Gasteiger partial charge on any atom is 0.286 e. The van der Waals surface area contributed by atoms with E-state index in [-0.39, 0.29) is 27.3 Å². The Balaban J connectivity index is 1.49. The van der Waals surface area contributed by atoms with Crippen LogP contribution < -0.4 is 10.3 Å². The molecule has 2 aromatic carbocycles. The number of thioether (sulfide) groups is 1. The van der Waals surface area contributed by atoms with Crippen LogP contribution in [0.25, 0.3) is 5.57 Å². The number of thiocarbonyl (C=S) groups is 1. The van der Waals surface area contributed by atoms with Gasteiger partial charge in [0.2, 0.25) is 0 Å². The highest BCUT2D eigenvalue weighted by Crippen LogP contribution is 2.44. The lowest BCUT2D eigenvalue weighted by Gasteiger charge is -2.18. The van der Waals surface area contributed by atoms with Crippen LogP contribution in [0.2, 0.25) is 5.02 Å². The minimum Gasteiger partial charge on any atom is -0.303 e. The minimum absolute atomic E-state index is 0.129. The van der Waals surface area contributed by atoms with Gasteiger partial charge in [0, 0.05) is 28.5 Å². The monoisotopic (exact) mass is 506 g/mol. The molecule has 168 valence electrons. The lowest BCUT2D eigenvalue weighted by molar-refractivity contribution is -0.124. The van der Waals surface area contributed by atoms with E-state index < -0.39 is 11.8 Å². The Morgan fingerprint density at radius 2 is 1.71 bits per heavy atom. The van der Waals surface area contributed by atoms with Crippen LogP contribution in [0, 0.1) is 0 Å². The Hall–Kier alpha value is -3.53. The van der Waals surface area contributed by atoms with Gasteiger partial charge >= 0.3 is 0 Å². The highest BCUT2D eigenvalue weighted by molar-refractivity contribution is 8.26. The zero-order valence-corrected chi connectivity index (χ0v) is 19.8. The van der Waals surface area contributed by atoms with Crippen molar-refractivity contribution < 1.29 is 14.4 Å². The van der Waals surface area contributed by atoms with Crippen molar-refractivity contribution in [3.63, 3.8) is 0 Å². The Morgan fingerprint density at radius 3 is 2.47 bits per heavy atom. The summed E-state index contributed by atoms with van der Waals surface area (Å²) in [6.07, 6.45) is 2.95. The number of aromatic nitrogens is 1. The normalized spacial score (nSPS) is 17.4. The first kappa shape index (κ1) is 22.3. The second-order valence-electron chi connectivity index (χ2n) is 7.39. The number of fused-ring (bicyclic) bond motifs is 1. The number of para-hydroxylation sites is 1. The number of hydrogen-bond donors (Lipinski definition) is 1. The van der Waals surface area contributed by atoms with Gasteiger partial charge in [-0.05, 0) is 42.0 Å². The van der Waals surface area contributed by atoms with Gasteiger partial charge in [-0.15, -0.1) is 0 Å². The van der Waals surface area contributed by atoms with Crippen molar-refractivity contribution in [3.05, 3.63) is 99.7 Å². The summed E-state index contributed by atoms with van der Waals surface area (Å²) in [4.78, 5) is 45.1. The molecule has 10 heteroatoms. The summed E-state index contributed by atoms with van der Waals surface area (Å²) in [5.41, 5.74) is 5.18. The summed E-state index contributed by atoms with van der Waals surface area (Å²) in [7, 11) is 0. The van der Waals surface area contributed by atoms with Gasteiger partial charge in [-0.25, -0.2) is 0 Å². The third-order valence-corrected chi connectivity index (χ3v) is 7.10. The number of rotatable bonds is 4. The first-order chi connectivity index (χ1) is 16.5. The molecule has 1 aromatic heterocycles. The maximum absolute atomic E-state index is 13.6. The standard InChI is InChI=1S/C24H15ClN4O3S2/c25-17-7-3-1-5-15(17)13-28-18-8-4-2-6-16(18)19(22(28)31)20-23(32)29(24(33)34-20)27-21(30)14-9-11-26-12-10-14/h1-12H,13H2,(H,27,30). The molecule has 0 saturated carbocycles. The van der Waals surface area contributed by atoms with Crippen molar-refractivity contribution in [1.29, 1.82) is 0 Å². The molecule has 7 nitrogen and oxygen atoms in total. The fraction of sp³-hybridized carbons (Fsp3) is 0.0417. The van der Waals surface area contributed by atoms with Gasteiger partial charge in [0.05, 0.1) is 22.7 Å². The summed E-state index contributed by atoms with van der Waals surface area (Å²) in [5.74, 6) is -1.40. The molecule has 5 rings (SSSR count). The van der Waals surface area contributed by atoms with Gasteiger partial charge in [-0.2, -0.15) is 5.01 Å². The summed E-state index contributed by atoms with van der Waals surface area (Å²) in [5, 5.41) is 1.55. The number of nitrogens with one attached hydrogen (secondary N) is 1. The van der Waals surface area contributed by atoms with Crippen molar-refractivity contribution in [3.8, 4) is 0 Å². The van der Waals surface area contributed by atoms with Crippen molar-refractivity contribution in [2.45, 2.75) is 6.54 Å². The van der Waals surface area contributed by atoms with Gasteiger partial charge in [-0.1, -0.05) is 59.8 Å². The predicted octanol–water partition coefficient (Wildman–Crippen LogP) is 4.20. The topological polar surface area (TPSA) is 82.6 Å². The molecule has 34 heavy (non-hydrogen) atoms. The summed E-state index contributed by atoms with van der Waals surface area (Å²) < 4.78 is 0.129. The highest BCUT2D eigenvalue weighted by atomic mass is 35.5. The van der Waals surface area contributed by atoms with E-state index in [0.717, 1.165) is 22.3 Å². The van der Waals surface area contributed by atoms with E-state index in [4.69, 9.17) is 23.8 Å². The largest absolute Gasteiger partial charge is 0.303 e. The number of anilines is 1. The fourth-order valence-electron chi connectivity index (χ4n) is 3.74. The fourth-order valence-corrected chi connectivity index (χ4v) is 5.18. The Bertz CT molecular complexity index is 1390. The summed E-state index contributed by atoms with van der Waals surface area (Å²) in [6, 6.07) is 17.6. The summed E-state index contributed by atoms with van der Waals surface area (Å²) >= 11 is 12.7. The van der Waals surface area contributed by atoms with Crippen LogP contribution in [-0.2, 0) is 16.1 Å². The molecule has 0 aliphatic carbocycles. The van der Waals surface area contributed by atoms with E-state index in [0.29, 0.717) is 21.8 Å². The number of hydrogen-bond acceptors (Lipinski definition) is 6. The van der Waals surface area contributed by atoms with E-state index in [9.17, 15) is 14.4 Å². The molecule has 3 heterocycles. The summed E-state index contributed by atoms with van der Waals surface area (Å²) in [6.45, 7) is 0.248. The van der Waals surface area contributed by atoms with Crippen LogP contribution in [0.4, 0.5) is 5.69 Å². The number of hydrazine groups is 1. The van der Waals surface area contributed by atoms with Gasteiger partial charge in [0.25, 0.3) is 17.7 Å². The number of benzene rings is 2. The number of nitrogens with zero attached hydrogens (tertiary/aromatic N) is 3. The van der Waals surface area contributed by atoms with Crippen LogP contribution in [0.5, 0.6) is 0 Å². The molecule has 0 atom stereocenters. The zero-order valence-electron chi connectivity index (χ0n) is 17.4. The second-order valence-corrected chi connectivity index (χ2v) is 9.44. The second kappa shape index (κ2) is 9.02. The number of carbonyl (C=O) groups is 3. The molecular formula is C24H15ClN4O3S2. The van der Waals surface area contributed by atoms with Gasteiger partial charge in [-0.3, -0.25) is 24.8 Å². The molecular weight excluding hydrogens is 492 g/mol. The van der Waals surface area contributed by atoms with Gasteiger partial charge in [0.15, 0.2) is 4.32 Å². The number of halogens is 1. The van der Waals surface area contributed by atoms with Crippen LogP contribution >= 0.6 is 35.6 Å². The average Bonchev–Trinajstić information content (AvgIpc) is 3.28. The van der Waals surface area contributed by atoms with Crippen molar-refractivity contribution >= 4 is 68.9 Å². The number of amides is 3. The van der Waals surface area contributed by atoms with Crippen molar-refractivity contribution in [2.75, 3.05) is 4.90 Å². The molecule has 1 saturated heterocycles. The molecule has 0 radical (unpaired) electrons. The van der Waals surface area contributed by atoms with Crippen molar-refractivity contribution in [2.24, 2.45) is 0 Å². The smallest absolute Gasteiger partial charge is 0.286 e. The maximum atomic E-state index is 13.6. The third-order valence-electron chi connectivity index (χ3n) is 5.36. The molecule has 2 aliphatic heterocycles. The van der Waals surface area contributed by atoms with Crippen molar-refractivity contribution in [1.82, 2.24) is 15.4 Å². The lowest BCUT2D eigenvalue weighted by atomic mass is 10.1. The van der Waals surface area contributed by atoms with Crippen LogP contribution in [0.15, 0.2) is 78.0 Å². The van der Waals surface area contributed by atoms with Gasteiger partial charge in [0.1, 0.15) is 0 Å². The van der Waals surface area contributed by atoms with Crippen LogP contribution in [-0.4, -0.2) is 32.0 Å². The molecule has 0 spiro atoms. The first-order valence-corrected chi connectivity index (χ1v) is 11.7. The highest BCUT2D eigenvalue weighted by Gasteiger charge is 2.42. The Labute approximate surface area is 209 Å². The minimum atomic E-state index is -0.560. The molecule has 0 unspecified atom stereocenters. The number of pyridine rings is 1. The molecule has 2 aliphatic rings. The lowest BCUT2D eigenvalue weighted by Crippen LogP contribution is -2.45. The Morgan fingerprint density at radius 1 is 1.00 bits per heavy atom. The van der Waals surface area contributed by atoms with E-state index >= 15 is 0 Å². The first-order valence-electron chi connectivity index (χ1n) is 10.1. The third kappa shape index (κ3) is 3.87. The number of carbonyl (C=O) groups excluding carboxylic acids is 3. The average molecular weight is 507 g/mol. The molecule has 0 bridgehead atoms. The van der Waals surface area contributed by atoms with Crippen LogP contribution in [0.1, 0.15) is 21.5 Å². The quantitative estimate of drug-likeness (QED) is 0.422. The van der Waals surface area contributed by atoms with E-state index in [2.05, 4.69) is 10.4 Å². The van der Waals surface area contributed by atoms with E-state index in [1.54, 1.807) is 23.1 Å². The SMILES string of the molecule is O=C(NN1C(=O)C(=C2C(=O)N(Cc3ccccc3Cl)c3ccccc32)SC1=S)c1ccncc1.